The maximum absolute atomic E-state index is 11.5. The molecule has 2 rings (SSSR count). The highest BCUT2D eigenvalue weighted by Gasteiger charge is 2.10. The molecule has 2 aromatic rings. The van der Waals surface area contributed by atoms with Crippen LogP contribution in [0.15, 0.2) is 30.5 Å². The Kier molecular flexibility index (Phi) is 3.46. The first-order valence-electron chi connectivity index (χ1n) is 5.91. The van der Waals surface area contributed by atoms with Crippen LogP contribution in [0.2, 0.25) is 0 Å². The molecule has 1 aromatic carbocycles. The monoisotopic (exact) mass is 245 g/mol. The molecule has 0 amide bonds. The minimum absolute atomic E-state index is 0.0318. The predicted octanol–water partition coefficient (Wildman–Crippen LogP) is 2.71. The highest BCUT2D eigenvalue weighted by atomic mass is 16.4. The molecule has 0 unspecified atom stereocenters. The van der Waals surface area contributed by atoms with Gasteiger partial charge in [0.15, 0.2) is 0 Å². The van der Waals surface area contributed by atoms with Crippen molar-refractivity contribution in [1.82, 2.24) is 4.57 Å². The molecule has 0 fully saturated rings. The average molecular weight is 245 g/mol. The Morgan fingerprint density at radius 3 is 2.67 bits per heavy atom. The number of fused-ring (bicyclic) bond motifs is 1. The maximum Gasteiger partial charge on any atom is 0.303 e. The van der Waals surface area contributed by atoms with Crippen LogP contribution in [0.1, 0.15) is 30.1 Å². The summed E-state index contributed by atoms with van der Waals surface area (Å²) in [6.45, 7) is 1.52. The number of aromatic nitrogens is 1. The third kappa shape index (κ3) is 2.42. The van der Waals surface area contributed by atoms with Crippen molar-refractivity contribution in [3.8, 4) is 0 Å². The summed E-state index contributed by atoms with van der Waals surface area (Å²) in [6, 6.07) is 7.68. The van der Waals surface area contributed by atoms with Gasteiger partial charge in [0.2, 0.25) is 5.91 Å². The van der Waals surface area contributed by atoms with E-state index in [1.54, 1.807) is 4.57 Å². The Balaban J connectivity index is 2.33. The van der Waals surface area contributed by atoms with Crippen molar-refractivity contribution >= 4 is 22.8 Å². The number of nitrogens with zero attached hydrogens (tertiary/aromatic N) is 1. The summed E-state index contributed by atoms with van der Waals surface area (Å²) >= 11 is 0. The lowest BCUT2D eigenvalue weighted by Crippen LogP contribution is -2.02. The van der Waals surface area contributed by atoms with Crippen LogP contribution < -0.4 is 0 Å². The van der Waals surface area contributed by atoms with Gasteiger partial charge in [-0.1, -0.05) is 18.2 Å². The Labute approximate surface area is 105 Å². The van der Waals surface area contributed by atoms with Crippen molar-refractivity contribution in [2.45, 2.75) is 26.2 Å². The van der Waals surface area contributed by atoms with Crippen LogP contribution in [0.4, 0.5) is 0 Å². The number of hydrogen-bond donors (Lipinski definition) is 1. The van der Waals surface area contributed by atoms with Crippen LogP contribution in [-0.4, -0.2) is 21.6 Å². The Morgan fingerprint density at radius 1 is 1.28 bits per heavy atom. The lowest BCUT2D eigenvalue weighted by Gasteiger charge is -1.97. The number of aliphatic carboxylic acids is 1. The van der Waals surface area contributed by atoms with E-state index >= 15 is 0 Å². The van der Waals surface area contributed by atoms with Gasteiger partial charge in [-0.2, -0.15) is 0 Å². The average Bonchev–Trinajstić information content (AvgIpc) is 2.68. The first-order valence-corrected chi connectivity index (χ1v) is 5.91. The molecule has 1 N–H and O–H groups in total. The zero-order valence-electron chi connectivity index (χ0n) is 10.2. The van der Waals surface area contributed by atoms with Gasteiger partial charge < -0.3 is 5.11 Å². The lowest BCUT2D eigenvalue weighted by molar-refractivity contribution is -0.137. The summed E-state index contributed by atoms with van der Waals surface area (Å²) in [5.41, 5.74) is 1.91. The first kappa shape index (κ1) is 12.4. The van der Waals surface area contributed by atoms with Crippen molar-refractivity contribution in [2.75, 3.05) is 0 Å². The topological polar surface area (TPSA) is 59.3 Å². The SMILES string of the molecule is CC(=O)n1cc(CCCC(=O)O)c2ccccc21. The summed E-state index contributed by atoms with van der Waals surface area (Å²) in [7, 11) is 0. The van der Waals surface area contributed by atoms with Crippen molar-refractivity contribution in [3.05, 3.63) is 36.0 Å². The number of rotatable bonds is 4. The summed E-state index contributed by atoms with van der Waals surface area (Å²) in [6.07, 6.45) is 3.22. The van der Waals surface area contributed by atoms with Gasteiger partial charge in [0.1, 0.15) is 0 Å². The van der Waals surface area contributed by atoms with Crippen LogP contribution in [-0.2, 0) is 11.2 Å². The van der Waals surface area contributed by atoms with Crippen molar-refractivity contribution < 1.29 is 14.7 Å². The fourth-order valence-electron chi connectivity index (χ4n) is 2.14. The summed E-state index contributed by atoms with van der Waals surface area (Å²) in [5, 5.41) is 9.66. The molecule has 0 aliphatic carbocycles. The highest BCUT2D eigenvalue weighted by Crippen LogP contribution is 2.22. The summed E-state index contributed by atoms with van der Waals surface area (Å²) in [5.74, 6) is -0.819. The standard InChI is InChI=1S/C14H15NO3/c1-10(16)15-9-11(5-4-8-14(17)18)12-6-2-3-7-13(12)15/h2-3,6-7,9H,4-5,8H2,1H3,(H,17,18). The Morgan fingerprint density at radius 2 is 2.00 bits per heavy atom. The zero-order chi connectivity index (χ0) is 13.1. The number of aryl methyl sites for hydroxylation is 1. The van der Waals surface area contributed by atoms with Gasteiger partial charge in [0, 0.05) is 24.9 Å². The lowest BCUT2D eigenvalue weighted by atomic mass is 10.1. The van der Waals surface area contributed by atoms with Crippen molar-refractivity contribution in [3.63, 3.8) is 0 Å². The number of para-hydroxylation sites is 1. The van der Waals surface area contributed by atoms with Crippen molar-refractivity contribution in [2.24, 2.45) is 0 Å². The number of hydrogen-bond acceptors (Lipinski definition) is 2. The molecule has 1 heterocycles. The molecule has 0 bridgehead atoms. The van der Waals surface area contributed by atoms with Crippen LogP contribution in [0, 0.1) is 0 Å². The normalized spacial score (nSPS) is 10.7. The number of carbonyl (C=O) groups excluding carboxylic acids is 1. The van der Waals surface area contributed by atoms with Gasteiger partial charge in [-0.05, 0) is 24.5 Å². The van der Waals surface area contributed by atoms with Crippen LogP contribution in [0.25, 0.3) is 10.9 Å². The molecule has 0 aliphatic heterocycles. The number of carboxylic acid groups (broad SMARTS) is 1. The Hall–Kier alpha value is -2.10. The van der Waals surface area contributed by atoms with Gasteiger partial charge in [-0.15, -0.1) is 0 Å². The maximum atomic E-state index is 11.5. The third-order valence-corrected chi connectivity index (χ3v) is 2.97. The van der Waals surface area contributed by atoms with E-state index in [4.69, 9.17) is 5.11 Å². The third-order valence-electron chi connectivity index (χ3n) is 2.97. The van der Waals surface area contributed by atoms with Gasteiger partial charge in [0.25, 0.3) is 0 Å². The van der Waals surface area contributed by atoms with E-state index in [9.17, 15) is 9.59 Å². The fraction of sp³-hybridized carbons (Fsp3) is 0.286. The fourth-order valence-corrected chi connectivity index (χ4v) is 2.14. The van der Waals surface area contributed by atoms with Gasteiger partial charge in [-0.3, -0.25) is 14.2 Å². The van der Waals surface area contributed by atoms with E-state index < -0.39 is 5.97 Å². The predicted molar refractivity (Wildman–Crippen MR) is 68.8 cm³/mol. The van der Waals surface area contributed by atoms with E-state index in [1.807, 2.05) is 30.5 Å². The number of carboxylic acids is 1. The van der Waals surface area contributed by atoms with E-state index in [-0.39, 0.29) is 12.3 Å². The van der Waals surface area contributed by atoms with E-state index in [2.05, 4.69) is 0 Å². The van der Waals surface area contributed by atoms with Crippen LogP contribution in [0.5, 0.6) is 0 Å². The summed E-state index contributed by atoms with van der Waals surface area (Å²) < 4.78 is 1.62. The highest BCUT2D eigenvalue weighted by molar-refractivity contribution is 5.93. The molecule has 0 saturated heterocycles. The van der Waals surface area contributed by atoms with E-state index in [0.717, 1.165) is 16.5 Å². The van der Waals surface area contributed by atoms with Gasteiger partial charge in [0.05, 0.1) is 5.52 Å². The second-order valence-corrected chi connectivity index (χ2v) is 4.31. The molecule has 0 aliphatic rings. The quantitative estimate of drug-likeness (QED) is 0.900. The molecule has 0 radical (unpaired) electrons. The molecule has 0 saturated carbocycles. The van der Waals surface area contributed by atoms with Crippen LogP contribution >= 0.6 is 0 Å². The largest absolute Gasteiger partial charge is 0.481 e. The zero-order valence-corrected chi connectivity index (χ0v) is 10.2. The van der Waals surface area contributed by atoms with Crippen LogP contribution in [0.3, 0.4) is 0 Å². The molecular formula is C14H15NO3. The molecule has 4 heteroatoms. The molecule has 18 heavy (non-hydrogen) atoms. The van der Waals surface area contributed by atoms with E-state index in [0.29, 0.717) is 12.8 Å². The minimum atomic E-state index is -0.787. The first-order chi connectivity index (χ1) is 8.59. The number of carbonyl (C=O) groups is 2. The smallest absolute Gasteiger partial charge is 0.303 e. The summed E-state index contributed by atoms with van der Waals surface area (Å²) in [4.78, 5) is 22.0. The molecule has 0 atom stereocenters. The molecular weight excluding hydrogens is 230 g/mol. The molecule has 4 nitrogen and oxygen atoms in total. The molecule has 94 valence electrons. The van der Waals surface area contributed by atoms with Crippen molar-refractivity contribution in [1.29, 1.82) is 0 Å². The molecule has 1 aromatic heterocycles. The second-order valence-electron chi connectivity index (χ2n) is 4.31. The van der Waals surface area contributed by atoms with E-state index in [1.165, 1.54) is 6.92 Å². The van der Waals surface area contributed by atoms with Gasteiger partial charge >= 0.3 is 5.97 Å². The van der Waals surface area contributed by atoms with Gasteiger partial charge in [-0.25, -0.2) is 0 Å². The number of benzene rings is 1. The second kappa shape index (κ2) is 5.04. The minimum Gasteiger partial charge on any atom is -0.481 e. The molecule has 0 spiro atoms. The Bertz CT molecular complexity index is 598.